The van der Waals surface area contributed by atoms with Crippen molar-refractivity contribution >= 4 is 39.6 Å². The van der Waals surface area contributed by atoms with Gasteiger partial charge in [0.1, 0.15) is 23.0 Å². The average Bonchev–Trinajstić information content (AvgIpc) is 3.93. The maximum Gasteiger partial charge on any atom is 0.307 e. The Morgan fingerprint density at radius 3 is 2.42 bits per heavy atom. The summed E-state index contributed by atoms with van der Waals surface area (Å²) in [5, 5.41) is 2.26. The third kappa shape index (κ3) is 7.74. The van der Waals surface area contributed by atoms with Gasteiger partial charge < -0.3 is 19.9 Å². The first-order valence-corrected chi connectivity index (χ1v) is 19.2. The van der Waals surface area contributed by atoms with E-state index in [9.17, 15) is 36.8 Å². The first kappa shape index (κ1) is 36.0. The molecule has 0 radical (unpaired) electrons. The van der Waals surface area contributed by atoms with Gasteiger partial charge in [0, 0.05) is 48.9 Å². The van der Waals surface area contributed by atoms with Crippen LogP contribution in [0, 0.1) is 29.5 Å². The van der Waals surface area contributed by atoms with Gasteiger partial charge in [0.05, 0.1) is 11.7 Å². The number of hydrogen-bond acceptors (Lipinski definition) is 8. The van der Waals surface area contributed by atoms with E-state index >= 15 is 0 Å². The Hall–Kier alpha value is -3.81. The van der Waals surface area contributed by atoms with Gasteiger partial charge in [-0.3, -0.25) is 28.7 Å². The Labute approximate surface area is 292 Å². The fraction of sp³-hybridized carbons (Fsp3) is 0.639. The van der Waals surface area contributed by atoms with Gasteiger partial charge in [-0.25, -0.2) is 12.8 Å². The van der Waals surface area contributed by atoms with E-state index in [-0.39, 0.29) is 50.2 Å². The molecular formula is C36H47FN4O8S. The molecule has 5 aliphatic rings. The number of nitrogens with zero attached hydrogens (tertiary/aromatic N) is 2. The summed E-state index contributed by atoms with van der Waals surface area (Å²) in [5.74, 6) is -5.05. The molecule has 6 rings (SSSR count). The van der Waals surface area contributed by atoms with Crippen molar-refractivity contribution in [2.24, 2.45) is 23.7 Å². The molecule has 4 fully saturated rings. The second-order valence-electron chi connectivity index (χ2n) is 15.6. The highest BCUT2D eigenvalue weighted by Crippen LogP contribution is 2.47. The van der Waals surface area contributed by atoms with Gasteiger partial charge in [-0.1, -0.05) is 25.0 Å². The van der Waals surface area contributed by atoms with Crippen LogP contribution in [0.1, 0.15) is 88.9 Å². The number of carbonyl (C=O) groups is 5. The first-order chi connectivity index (χ1) is 23.6. The normalized spacial score (nSPS) is 30.9. The molecule has 3 heterocycles. The highest BCUT2D eigenvalue weighted by Gasteiger charge is 2.63. The number of ether oxygens (including phenoxy) is 1. The van der Waals surface area contributed by atoms with Crippen molar-refractivity contribution in [3.63, 3.8) is 0 Å². The maximum absolute atomic E-state index is 14.5. The van der Waals surface area contributed by atoms with Crippen LogP contribution in [-0.2, 0) is 33.9 Å². The molecule has 2 aliphatic carbocycles. The van der Waals surface area contributed by atoms with Crippen LogP contribution in [0.25, 0.3) is 0 Å². The molecule has 1 aromatic carbocycles. The zero-order valence-corrected chi connectivity index (χ0v) is 29.7. The summed E-state index contributed by atoms with van der Waals surface area (Å²) in [6.07, 6.45) is 8.18. The molecule has 272 valence electrons. The lowest BCUT2D eigenvalue weighted by Gasteiger charge is -2.33. The standard InChI is InChI=1S/C36H47FN4O8S/c1-35(2,3)49-29(42)17-23-9-7-5-4-6-8-10-25-18-36(25,34(46)39-50(47,48)27-15-16-27)38-31(43)30-28-21-40(19-24(28)20-41(30)33(23)45)32(44)22-11-13-26(37)14-12-22/h8,10-14,23-25,27-28,30H,4-7,9,15-21H2,1-3H3,(H,38,43)(H,39,46)/b10-8-/t23-,24-,25+,28-,30-,36+/m0/s1. The number of likely N-dealkylation sites (tertiary alicyclic amines) is 1. The number of sulfonamides is 1. The van der Waals surface area contributed by atoms with Crippen molar-refractivity contribution in [3.05, 3.63) is 47.8 Å². The van der Waals surface area contributed by atoms with E-state index in [0.29, 0.717) is 37.7 Å². The number of nitrogens with one attached hydrogen (secondary N) is 2. The highest BCUT2D eigenvalue weighted by molar-refractivity contribution is 7.91. The number of amides is 4. The molecule has 1 aromatic rings. The summed E-state index contributed by atoms with van der Waals surface area (Å²) in [7, 11) is -3.90. The number of allylic oxidation sites excluding steroid dienone is 1. The molecule has 3 aliphatic heterocycles. The SMILES string of the molecule is CC(C)(C)OC(=O)C[C@@H]1CCCCC/C=C\[C@@H]2C[C@@]2(C(=O)NS(=O)(=O)C2CC2)NC(=O)[C@@H]2[C@H]3CN(C(=O)c4ccc(F)cc4)C[C@H]3CN2C1=O. The minimum Gasteiger partial charge on any atom is -0.460 e. The summed E-state index contributed by atoms with van der Waals surface area (Å²) in [5.41, 5.74) is -1.97. The highest BCUT2D eigenvalue weighted by atomic mass is 32.2. The third-order valence-corrected chi connectivity index (χ3v) is 12.4. The lowest BCUT2D eigenvalue weighted by Crippen LogP contribution is -2.58. The van der Waals surface area contributed by atoms with Gasteiger partial charge in [-0.05, 0) is 83.6 Å². The van der Waals surface area contributed by atoms with E-state index in [1.807, 2.05) is 12.2 Å². The van der Waals surface area contributed by atoms with Crippen LogP contribution in [-0.4, -0.2) is 89.9 Å². The number of carbonyl (C=O) groups excluding carboxylic acids is 5. The lowest BCUT2D eigenvalue weighted by molar-refractivity contribution is -0.159. The van der Waals surface area contributed by atoms with E-state index in [4.69, 9.17) is 4.74 Å². The van der Waals surface area contributed by atoms with Crippen LogP contribution in [0.5, 0.6) is 0 Å². The third-order valence-electron chi connectivity index (χ3n) is 10.5. The van der Waals surface area contributed by atoms with Crippen molar-refractivity contribution in [3.8, 4) is 0 Å². The zero-order chi connectivity index (χ0) is 36.0. The number of esters is 1. The molecular weight excluding hydrogens is 667 g/mol. The van der Waals surface area contributed by atoms with E-state index in [2.05, 4.69) is 10.0 Å². The van der Waals surface area contributed by atoms with Crippen LogP contribution in [0.4, 0.5) is 4.39 Å². The van der Waals surface area contributed by atoms with Gasteiger partial charge >= 0.3 is 5.97 Å². The fourth-order valence-electron chi connectivity index (χ4n) is 7.73. The Balaban J connectivity index is 1.30. The predicted molar refractivity (Wildman–Crippen MR) is 180 cm³/mol. The molecule has 14 heteroatoms. The molecule has 0 unspecified atom stereocenters. The summed E-state index contributed by atoms with van der Waals surface area (Å²) >= 11 is 0. The number of rotatable bonds is 6. The van der Waals surface area contributed by atoms with Gasteiger partial charge in [0.2, 0.25) is 21.8 Å². The van der Waals surface area contributed by atoms with Crippen LogP contribution in [0.3, 0.4) is 0 Å². The Morgan fingerprint density at radius 1 is 1.02 bits per heavy atom. The van der Waals surface area contributed by atoms with Crippen molar-refractivity contribution in [1.82, 2.24) is 19.8 Å². The summed E-state index contributed by atoms with van der Waals surface area (Å²) < 4.78 is 47.0. The predicted octanol–water partition coefficient (Wildman–Crippen LogP) is 3.08. The van der Waals surface area contributed by atoms with Gasteiger partial charge in [-0.15, -0.1) is 0 Å². The van der Waals surface area contributed by atoms with Gasteiger partial charge in [0.15, 0.2) is 0 Å². The molecule has 0 aromatic heterocycles. The van der Waals surface area contributed by atoms with Crippen LogP contribution < -0.4 is 10.0 Å². The summed E-state index contributed by atoms with van der Waals surface area (Å²) in [6, 6.07) is 4.13. The Bertz CT molecular complexity index is 1670. The number of halogens is 1. The lowest BCUT2D eigenvalue weighted by atomic mass is 9.92. The quantitative estimate of drug-likeness (QED) is 0.336. The smallest absolute Gasteiger partial charge is 0.307 e. The molecule has 2 saturated carbocycles. The molecule has 2 N–H and O–H groups in total. The molecule has 6 atom stereocenters. The molecule has 12 nitrogen and oxygen atoms in total. The molecule has 0 spiro atoms. The second kappa shape index (κ2) is 13.7. The Kier molecular flexibility index (Phi) is 9.88. The maximum atomic E-state index is 14.5. The zero-order valence-electron chi connectivity index (χ0n) is 28.9. The van der Waals surface area contributed by atoms with Crippen molar-refractivity contribution in [1.29, 1.82) is 0 Å². The van der Waals surface area contributed by atoms with E-state index < -0.39 is 73.8 Å². The van der Waals surface area contributed by atoms with Gasteiger partial charge in [0.25, 0.3) is 11.8 Å². The summed E-state index contributed by atoms with van der Waals surface area (Å²) in [6.45, 7) is 5.80. The van der Waals surface area contributed by atoms with Crippen molar-refractivity contribution in [2.45, 2.75) is 101 Å². The van der Waals surface area contributed by atoms with Crippen LogP contribution in [0.2, 0.25) is 0 Å². The topological polar surface area (TPSA) is 159 Å². The number of fused-ring (bicyclic) bond motifs is 4. The average molecular weight is 715 g/mol. The molecule has 0 bridgehead atoms. The van der Waals surface area contributed by atoms with E-state index in [1.54, 1.807) is 25.7 Å². The van der Waals surface area contributed by atoms with Crippen molar-refractivity contribution < 1.29 is 41.5 Å². The fourth-order valence-corrected chi connectivity index (χ4v) is 9.09. The van der Waals surface area contributed by atoms with E-state index in [0.717, 1.165) is 12.8 Å². The number of hydrogen-bond donors (Lipinski definition) is 2. The summed E-state index contributed by atoms with van der Waals surface area (Å²) in [4.78, 5) is 72.2. The number of benzene rings is 1. The minimum atomic E-state index is -3.90. The van der Waals surface area contributed by atoms with Crippen LogP contribution in [0.15, 0.2) is 36.4 Å². The van der Waals surface area contributed by atoms with Crippen molar-refractivity contribution in [2.75, 3.05) is 19.6 Å². The largest absolute Gasteiger partial charge is 0.460 e. The monoisotopic (exact) mass is 714 g/mol. The minimum absolute atomic E-state index is 0.137. The molecule has 4 amide bonds. The first-order valence-electron chi connectivity index (χ1n) is 17.7. The van der Waals surface area contributed by atoms with Gasteiger partial charge in [-0.2, -0.15) is 0 Å². The van der Waals surface area contributed by atoms with E-state index in [1.165, 1.54) is 29.2 Å². The van der Waals surface area contributed by atoms with Crippen LogP contribution >= 0.6 is 0 Å². The second-order valence-corrected chi connectivity index (χ2v) is 17.5. The Morgan fingerprint density at radius 2 is 1.74 bits per heavy atom. The molecule has 50 heavy (non-hydrogen) atoms. The molecule has 2 saturated heterocycles.